The fourth-order valence-corrected chi connectivity index (χ4v) is 4.17. The van der Waals surface area contributed by atoms with E-state index in [0.29, 0.717) is 6.42 Å². The molecule has 0 aliphatic carbocycles. The summed E-state index contributed by atoms with van der Waals surface area (Å²) >= 11 is 5.22. The molecule has 0 amide bonds. The van der Waals surface area contributed by atoms with E-state index in [-0.39, 0.29) is 6.04 Å². The number of rotatable bonds is 4. The van der Waals surface area contributed by atoms with E-state index < -0.39 is 11.7 Å². The van der Waals surface area contributed by atoms with Gasteiger partial charge in [-0.3, -0.25) is 0 Å². The summed E-state index contributed by atoms with van der Waals surface area (Å²) in [6.45, 7) is 2.03. The van der Waals surface area contributed by atoms with Crippen molar-refractivity contribution in [2.45, 2.75) is 25.6 Å². The highest BCUT2D eigenvalue weighted by Crippen LogP contribution is 2.34. The Kier molecular flexibility index (Phi) is 5.11. The summed E-state index contributed by atoms with van der Waals surface area (Å²) in [6.07, 6.45) is -3.64. The standard InChI is InChI=1S/C15H15BrF3NS/c1-9-7-12(16)14(21-9)13(20-2)8-10-3-5-11(6-4-10)15(17,18)19/h3-7,13,20H,8H2,1-2H3. The van der Waals surface area contributed by atoms with Crippen LogP contribution in [0.25, 0.3) is 0 Å². The molecule has 2 aromatic rings. The first-order valence-electron chi connectivity index (χ1n) is 6.40. The number of hydrogen-bond acceptors (Lipinski definition) is 2. The number of likely N-dealkylation sites (N-methyl/N-ethyl adjacent to an activating group) is 1. The molecule has 1 nitrogen and oxygen atoms in total. The lowest BCUT2D eigenvalue weighted by Crippen LogP contribution is -2.18. The van der Waals surface area contributed by atoms with Crippen LogP contribution < -0.4 is 5.32 Å². The minimum absolute atomic E-state index is 0.0785. The average molecular weight is 378 g/mol. The normalized spacial score (nSPS) is 13.4. The summed E-state index contributed by atoms with van der Waals surface area (Å²) in [5.41, 5.74) is 0.265. The number of alkyl halides is 3. The lowest BCUT2D eigenvalue weighted by molar-refractivity contribution is -0.137. The van der Waals surface area contributed by atoms with Crippen LogP contribution in [0.15, 0.2) is 34.8 Å². The maximum atomic E-state index is 12.6. The Morgan fingerprint density at radius 2 is 1.86 bits per heavy atom. The van der Waals surface area contributed by atoms with Gasteiger partial charge in [-0.25, -0.2) is 0 Å². The number of nitrogens with one attached hydrogen (secondary N) is 1. The average Bonchev–Trinajstić information content (AvgIpc) is 2.74. The molecule has 0 fully saturated rings. The molecule has 1 atom stereocenters. The van der Waals surface area contributed by atoms with Crippen LogP contribution >= 0.6 is 27.3 Å². The first kappa shape index (κ1) is 16.5. The highest BCUT2D eigenvalue weighted by molar-refractivity contribution is 9.10. The molecule has 0 saturated carbocycles. The second-order valence-electron chi connectivity index (χ2n) is 4.81. The van der Waals surface area contributed by atoms with Gasteiger partial charge >= 0.3 is 6.18 Å². The molecule has 114 valence electrons. The van der Waals surface area contributed by atoms with Crippen molar-refractivity contribution in [1.29, 1.82) is 0 Å². The molecule has 0 saturated heterocycles. The minimum atomic E-state index is -4.28. The third-order valence-corrected chi connectivity index (χ3v) is 5.31. The zero-order valence-electron chi connectivity index (χ0n) is 11.6. The van der Waals surface area contributed by atoms with E-state index in [2.05, 4.69) is 27.3 Å². The fraction of sp³-hybridized carbons (Fsp3) is 0.333. The first-order valence-corrected chi connectivity index (χ1v) is 8.01. The smallest absolute Gasteiger partial charge is 0.312 e. The summed E-state index contributed by atoms with van der Waals surface area (Å²) < 4.78 is 38.7. The molecule has 0 spiro atoms. The van der Waals surface area contributed by atoms with Crippen LogP contribution in [0.2, 0.25) is 0 Å². The number of hydrogen-bond donors (Lipinski definition) is 1. The van der Waals surface area contributed by atoms with Gasteiger partial charge in [0.15, 0.2) is 0 Å². The highest BCUT2D eigenvalue weighted by Gasteiger charge is 2.30. The third-order valence-electron chi connectivity index (χ3n) is 3.22. The van der Waals surface area contributed by atoms with Gasteiger partial charge in [0, 0.05) is 20.3 Å². The Hall–Kier alpha value is -0.850. The summed E-state index contributed by atoms with van der Waals surface area (Å²) in [5.74, 6) is 0. The van der Waals surface area contributed by atoms with Gasteiger partial charge in [-0.2, -0.15) is 13.2 Å². The Bertz CT molecular complexity index is 604. The molecule has 21 heavy (non-hydrogen) atoms. The molecule has 0 aliphatic rings. The molecule has 0 radical (unpaired) electrons. The van der Waals surface area contributed by atoms with Crippen molar-refractivity contribution in [3.63, 3.8) is 0 Å². The molecule has 2 rings (SSSR count). The lowest BCUT2D eigenvalue weighted by Gasteiger charge is -2.16. The predicted octanol–water partition coefficient (Wildman–Crippen LogP) is 5.34. The number of halogens is 4. The van der Waals surface area contributed by atoms with Gasteiger partial charge in [-0.15, -0.1) is 11.3 Å². The van der Waals surface area contributed by atoms with Gasteiger partial charge in [0.05, 0.1) is 5.56 Å². The lowest BCUT2D eigenvalue weighted by atomic mass is 10.0. The topological polar surface area (TPSA) is 12.0 Å². The second-order valence-corrected chi connectivity index (χ2v) is 6.95. The maximum absolute atomic E-state index is 12.6. The maximum Gasteiger partial charge on any atom is 0.416 e. The Morgan fingerprint density at radius 3 is 2.29 bits per heavy atom. The molecule has 0 bridgehead atoms. The van der Waals surface area contributed by atoms with Gasteiger partial charge in [0.1, 0.15) is 0 Å². The van der Waals surface area contributed by atoms with Crippen LogP contribution in [-0.4, -0.2) is 7.05 Å². The zero-order valence-corrected chi connectivity index (χ0v) is 14.0. The zero-order chi connectivity index (χ0) is 15.6. The molecular weight excluding hydrogens is 363 g/mol. The summed E-state index contributed by atoms with van der Waals surface area (Å²) in [6, 6.07) is 7.49. The van der Waals surface area contributed by atoms with Crippen molar-refractivity contribution in [1.82, 2.24) is 5.32 Å². The minimum Gasteiger partial charge on any atom is -0.312 e. The Morgan fingerprint density at radius 1 is 1.24 bits per heavy atom. The fourth-order valence-electron chi connectivity index (χ4n) is 2.13. The molecule has 1 heterocycles. The quantitative estimate of drug-likeness (QED) is 0.757. The van der Waals surface area contributed by atoms with Crippen molar-refractivity contribution in [3.8, 4) is 0 Å². The first-order chi connectivity index (χ1) is 9.81. The number of benzene rings is 1. The summed E-state index contributed by atoms with van der Waals surface area (Å²) in [7, 11) is 1.86. The monoisotopic (exact) mass is 377 g/mol. The van der Waals surface area contributed by atoms with Crippen molar-refractivity contribution >= 4 is 27.3 Å². The highest BCUT2D eigenvalue weighted by atomic mass is 79.9. The van der Waals surface area contributed by atoms with E-state index in [9.17, 15) is 13.2 Å². The second kappa shape index (κ2) is 6.50. The third kappa shape index (κ3) is 4.08. The van der Waals surface area contributed by atoms with Crippen molar-refractivity contribution in [2.75, 3.05) is 7.05 Å². The predicted molar refractivity (Wildman–Crippen MR) is 83.7 cm³/mol. The van der Waals surface area contributed by atoms with Crippen LogP contribution in [0, 0.1) is 6.92 Å². The van der Waals surface area contributed by atoms with E-state index in [1.807, 2.05) is 14.0 Å². The van der Waals surface area contributed by atoms with Gasteiger partial charge in [-0.05, 0) is 60.1 Å². The molecule has 1 aromatic heterocycles. The van der Waals surface area contributed by atoms with Crippen LogP contribution in [0.5, 0.6) is 0 Å². The summed E-state index contributed by atoms with van der Waals surface area (Å²) in [4.78, 5) is 2.36. The van der Waals surface area contributed by atoms with Crippen molar-refractivity contribution in [2.24, 2.45) is 0 Å². The van der Waals surface area contributed by atoms with Gasteiger partial charge < -0.3 is 5.32 Å². The van der Waals surface area contributed by atoms with E-state index in [1.54, 1.807) is 23.5 Å². The van der Waals surface area contributed by atoms with E-state index in [4.69, 9.17) is 0 Å². The van der Waals surface area contributed by atoms with Gasteiger partial charge in [0.25, 0.3) is 0 Å². The molecular formula is C15H15BrF3NS. The molecule has 1 aromatic carbocycles. The van der Waals surface area contributed by atoms with Crippen LogP contribution in [0.3, 0.4) is 0 Å². The number of aryl methyl sites for hydroxylation is 1. The largest absolute Gasteiger partial charge is 0.416 e. The van der Waals surface area contributed by atoms with Crippen molar-refractivity contribution < 1.29 is 13.2 Å². The van der Waals surface area contributed by atoms with Crippen LogP contribution in [0.1, 0.15) is 26.9 Å². The van der Waals surface area contributed by atoms with Crippen LogP contribution in [-0.2, 0) is 12.6 Å². The molecule has 0 aliphatic heterocycles. The van der Waals surface area contributed by atoms with E-state index >= 15 is 0 Å². The SMILES string of the molecule is CNC(Cc1ccc(C(F)(F)F)cc1)c1sc(C)cc1Br. The van der Waals surface area contributed by atoms with Crippen molar-refractivity contribution in [3.05, 3.63) is 55.7 Å². The van der Waals surface area contributed by atoms with Crippen LogP contribution in [0.4, 0.5) is 13.2 Å². The molecule has 6 heteroatoms. The molecule has 1 N–H and O–H groups in total. The Labute approximate surface area is 134 Å². The van der Waals surface area contributed by atoms with Gasteiger partial charge in [0.2, 0.25) is 0 Å². The Balaban J connectivity index is 2.17. The number of thiophene rings is 1. The van der Waals surface area contributed by atoms with Gasteiger partial charge in [-0.1, -0.05) is 12.1 Å². The summed E-state index contributed by atoms with van der Waals surface area (Å²) in [5, 5.41) is 3.22. The van der Waals surface area contributed by atoms with E-state index in [1.165, 1.54) is 4.88 Å². The molecule has 1 unspecified atom stereocenters. The van der Waals surface area contributed by atoms with E-state index in [0.717, 1.165) is 27.0 Å².